The van der Waals surface area contributed by atoms with Crippen molar-refractivity contribution in [3.63, 3.8) is 0 Å². The molecule has 5 fully saturated rings. The van der Waals surface area contributed by atoms with Gasteiger partial charge in [-0.2, -0.15) is 5.10 Å². The Kier molecular flexibility index (Phi) is 13.4. The van der Waals surface area contributed by atoms with E-state index in [1.165, 1.54) is 0 Å². The van der Waals surface area contributed by atoms with Crippen molar-refractivity contribution in [1.82, 2.24) is 39.3 Å². The number of amides is 3. The van der Waals surface area contributed by atoms with E-state index in [1.54, 1.807) is 26.3 Å². The summed E-state index contributed by atoms with van der Waals surface area (Å²) in [6.07, 6.45) is 13.3. The number of piperidine rings is 2. The highest BCUT2D eigenvalue weighted by molar-refractivity contribution is 5.88. The van der Waals surface area contributed by atoms with Crippen LogP contribution < -0.4 is 10.9 Å². The first kappa shape index (κ1) is 46.3. The first-order valence-electron chi connectivity index (χ1n) is 24.3. The number of nitrogens with zero attached hydrogens (tertiary/aromatic N) is 7. The van der Waals surface area contributed by atoms with Crippen LogP contribution in [0.2, 0.25) is 0 Å². The number of aromatic nitrogens is 3. The van der Waals surface area contributed by atoms with E-state index in [2.05, 4.69) is 35.3 Å². The predicted molar refractivity (Wildman–Crippen MR) is 256 cm³/mol. The molecule has 3 amide bonds. The molecule has 3 saturated heterocycles. The van der Waals surface area contributed by atoms with Gasteiger partial charge in [0, 0.05) is 68.9 Å². The lowest BCUT2D eigenvalue weighted by Crippen LogP contribution is -2.59. The summed E-state index contributed by atoms with van der Waals surface area (Å²) in [4.78, 5) is 77.6. The molecule has 1 N–H and O–H groups in total. The standard InChI is InChI=1S/C52H66N8O7/c1-5-15-51(17-18-51)48(63)66-34-59-33-40-30-37(29-36(3)45(40)54-59)31-43(47(62)57-27-25-56(26-28-57)41-13-21-55(4)22-14-41)53-50(65)58-23-11-38(12-24-58)42-32-39-9-7-8-10-44(39)60(46(42)61)35-67-49(64)52(16-6-2)19-20-52/h5-10,29-30,32-33,38,41,43H,1-2,11-28,31,34-35H2,3-4H3,(H,53,65)/t43-/m1/s1. The highest BCUT2D eigenvalue weighted by atomic mass is 16.5. The molecule has 0 bridgehead atoms. The number of hydrogen-bond acceptors (Lipinski definition) is 10. The van der Waals surface area contributed by atoms with Crippen molar-refractivity contribution in [2.24, 2.45) is 10.8 Å². The Bertz CT molecular complexity index is 2590. The van der Waals surface area contributed by atoms with Crippen LogP contribution in [0, 0.1) is 17.8 Å². The van der Waals surface area contributed by atoms with E-state index >= 15 is 0 Å². The van der Waals surface area contributed by atoms with Crippen molar-refractivity contribution in [3.05, 3.63) is 101 Å². The molecule has 15 nitrogen and oxygen atoms in total. The Morgan fingerprint density at radius 1 is 0.806 bits per heavy atom. The summed E-state index contributed by atoms with van der Waals surface area (Å²) in [6.45, 7) is 15.2. The van der Waals surface area contributed by atoms with Gasteiger partial charge in [-0.15, -0.1) is 13.2 Å². The first-order chi connectivity index (χ1) is 32.4. The molecule has 5 aliphatic rings. The van der Waals surface area contributed by atoms with Crippen molar-refractivity contribution in [2.75, 3.05) is 59.4 Å². The van der Waals surface area contributed by atoms with Crippen molar-refractivity contribution in [1.29, 1.82) is 0 Å². The molecule has 2 aromatic carbocycles. The first-order valence-corrected chi connectivity index (χ1v) is 24.3. The number of urea groups is 1. The van der Waals surface area contributed by atoms with Gasteiger partial charge in [-0.25, -0.2) is 9.48 Å². The quantitative estimate of drug-likeness (QED) is 0.103. The number of hydrogen-bond donors (Lipinski definition) is 1. The number of fused-ring (bicyclic) bond motifs is 2. The minimum Gasteiger partial charge on any atom is -0.443 e. The summed E-state index contributed by atoms with van der Waals surface area (Å²) in [5.74, 6) is -0.740. The average molecular weight is 915 g/mol. The van der Waals surface area contributed by atoms with Gasteiger partial charge in [0.2, 0.25) is 5.91 Å². The van der Waals surface area contributed by atoms with E-state index in [0.717, 1.165) is 92.1 Å². The van der Waals surface area contributed by atoms with Crippen molar-refractivity contribution < 1.29 is 28.7 Å². The molecule has 15 heteroatoms. The lowest BCUT2D eigenvalue weighted by atomic mass is 9.89. The monoisotopic (exact) mass is 915 g/mol. The number of likely N-dealkylation sites (tertiary alicyclic amines) is 2. The molecular weight excluding hydrogens is 849 g/mol. The van der Waals surface area contributed by atoms with E-state index in [4.69, 9.17) is 14.6 Å². The van der Waals surface area contributed by atoms with Crippen LogP contribution in [0.25, 0.3) is 21.8 Å². The Morgan fingerprint density at radius 2 is 1.45 bits per heavy atom. The van der Waals surface area contributed by atoms with Gasteiger partial charge in [-0.1, -0.05) is 36.4 Å². The van der Waals surface area contributed by atoms with Crippen LogP contribution >= 0.6 is 0 Å². The number of esters is 2. The summed E-state index contributed by atoms with van der Waals surface area (Å²) in [6, 6.07) is 13.0. The number of carbonyl (C=O) groups excluding carboxylic acids is 4. The van der Waals surface area contributed by atoms with Crippen molar-refractivity contribution in [3.8, 4) is 0 Å². The zero-order valence-corrected chi connectivity index (χ0v) is 39.3. The van der Waals surface area contributed by atoms with E-state index in [-0.39, 0.29) is 55.2 Å². The molecule has 356 valence electrons. The molecule has 4 aromatic rings. The normalized spacial score (nSPS) is 20.3. The van der Waals surface area contributed by atoms with Gasteiger partial charge in [-0.05, 0) is 132 Å². The molecule has 67 heavy (non-hydrogen) atoms. The number of pyridine rings is 1. The zero-order valence-electron chi connectivity index (χ0n) is 39.3. The van der Waals surface area contributed by atoms with Crippen LogP contribution in [-0.4, -0.2) is 129 Å². The van der Waals surface area contributed by atoms with Gasteiger partial charge in [-0.3, -0.25) is 28.6 Å². The number of benzene rings is 2. The van der Waals surface area contributed by atoms with E-state index < -0.39 is 16.9 Å². The van der Waals surface area contributed by atoms with E-state index in [9.17, 15) is 24.0 Å². The molecule has 3 aliphatic heterocycles. The minimum atomic E-state index is -0.816. The largest absolute Gasteiger partial charge is 0.443 e. The molecule has 1 atom stereocenters. The second-order valence-corrected chi connectivity index (χ2v) is 19.9. The Morgan fingerprint density at radius 3 is 2.09 bits per heavy atom. The van der Waals surface area contributed by atoms with Crippen LogP contribution in [-0.2, 0) is 43.7 Å². The highest BCUT2D eigenvalue weighted by Gasteiger charge is 2.51. The predicted octanol–water partition coefficient (Wildman–Crippen LogP) is 6.11. The van der Waals surface area contributed by atoms with Crippen molar-refractivity contribution in [2.45, 2.75) is 109 Å². The van der Waals surface area contributed by atoms with Gasteiger partial charge in [0.1, 0.15) is 6.04 Å². The summed E-state index contributed by atoms with van der Waals surface area (Å²) >= 11 is 0. The Labute approximate surface area is 392 Å². The molecule has 5 heterocycles. The number of para-hydroxylation sites is 1. The summed E-state index contributed by atoms with van der Waals surface area (Å²) in [5.41, 5.74) is 2.74. The lowest BCUT2D eigenvalue weighted by Gasteiger charge is -2.43. The molecule has 0 radical (unpaired) electrons. The molecular formula is C52H66N8O7. The maximum absolute atomic E-state index is 14.6. The fourth-order valence-electron chi connectivity index (χ4n) is 10.7. The Hall–Kier alpha value is -5.80. The molecule has 2 saturated carbocycles. The van der Waals surface area contributed by atoms with E-state index in [1.807, 2.05) is 60.5 Å². The van der Waals surface area contributed by atoms with Gasteiger partial charge in [0.25, 0.3) is 5.56 Å². The Balaban J connectivity index is 0.887. The smallest absolute Gasteiger partial charge is 0.318 e. The topological polar surface area (TPSA) is 152 Å². The number of allylic oxidation sites excluding steroid dienone is 2. The maximum atomic E-state index is 14.6. The molecule has 2 aliphatic carbocycles. The minimum absolute atomic E-state index is 0.00197. The SMILES string of the molecule is C=CCC1(C(=O)OCn2cc3cc(C[C@@H](NC(=O)N4CCC(c5cc6ccccc6n(COC(=O)C6(CC=C)CC6)c5=O)CC4)C(=O)N4CCN(C5CCN(C)CC5)CC4)cc(C)c3n2)CC1. The number of nitrogens with one attached hydrogen (secondary N) is 1. The number of piperazine rings is 1. The number of ether oxygens (including phenoxy) is 2. The molecule has 9 rings (SSSR count). The van der Waals surface area contributed by atoms with Gasteiger partial charge < -0.3 is 29.5 Å². The summed E-state index contributed by atoms with van der Waals surface area (Å²) in [7, 11) is 2.17. The van der Waals surface area contributed by atoms with Gasteiger partial charge in [0.05, 0.1) is 21.9 Å². The van der Waals surface area contributed by atoms with Crippen molar-refractivity contribution >= 4 is 45.7 Å². The zero-order chi connectivity index (χ0) is 46.9. The fraction of sp³-hybridized carbons (Fsp3) is 0.538. The maximum Gasteiger partial charge on any atom is 0.318 e. The van der Waals surface area contributed by atoms with Crippen LogP contribution in [0.1, 0.15) is 86.8 Å². The number of aryl methyl sites for hydroxylation is 1. The van der Waals surface area contributed by atoms with Gasteiger partial charge >= 0.3 is 18.0 Å². The lowest BCUT2D eigenvalue weighted by molar-refractivity contribution is -0.155. The average Bonchev–Trinajstić information content (AvgIpc) is 4.27. The van der Waals surface area contributed by atoms with Crippen LogP contribution in [0.4, 0.5) is 4.79 Å². The third kappa shape index (κ3) is 9.94. The van der Waals surface area contributed by atoms with Gasteiger partial charge in [0.15, 0.2) is 13.5 Å². The number of rotatable bonds is 16. The summed E-state index contributed by atoms with van der Waals surface area (Å²) in [5, 5.41) is 9.63. The second kappa shape index (κ2) is 19.4. The second-order valence-electron chi connectivity index (χ2n) is 19.9. The van der Waals surface area contributed by atoms with E-state index in [0.29, 0.717) is 69.0 Å². The number of carbonyl (C=O) groups is 4. The summed E-state index contributed by atoms with van der Waals surface area (Å²) < 4.78 is 14.7. The molecule has 0 spiro atoms. The van der Waals surface area contributed by atoms with Crippen LogP contribution in [0.3, 0.4) is 0 Å². The van der Waals surface area contributed by atoms with Crippen LogP contribution in [0.15, 0.2) is 78.8 Å². The highest BCUT2D eigenvalue weighted by Crippen LogP contribution is 2.51. The molecule has 0 unspecified atom stereocenters. The fourth-order valence-corrected chi connectivity index (χ4v) is 10.7. The molecule has 2 aromatic heterocycles. The third-order valence-electron chi connectivity index (χ3n) is 15.3. The third-order valence-corrected chi connectivity index (χ3v) is 15.3. The van der Waals surface area contributed by atoms with Crippen LogP contribution in [0.5, 0.6) is 0 Å².